The number of hydrogen-bond acceptors (Lipinski definition) is 6. The first kappa shape index (κ1) is 19.7. The average Bonchev–Trinajstić information content (AvgIpc) is 2.78. The van der Waals surface area contributed by atoms with Crippen LogP contribution < -0.4 is 15.5 Å². The molecular formula is C21H19F2N5O2. The molecule has 7 nitrogen and oxygen atoms in total. The van der Waals surface area contributed by atoms with Gasteiger partial charge in [0.2, 0.25) is 0 Å². The van der Waals surface area contributed by atoms with E-state index < -0.39 is 17.5 Å². The third-order valence-corrected chi connectivity index (χ3v) is 4.61. The normalized spacial score (nSPS) is 13.7. The average molecular weight is 411 g/mol. The van der Waals surface area contributed by atoms with Gasteiger partial charge in [-0.25, -0.2) is 8.78 Å². The molecule has 0 atom stereocenters. The molecule has 0 unspecified atom stereocenters. The van der Waals surface area contributed by atoms with Crippen LogP contribution in [0.1, 0.15) is 10.4 Å². The number of anilines is 4. The van der Waals surface area contributed by atoms with Crippen LogP contribution in [0.2, 0.25) is 0 Å². The molecular weight excluding hydrogens is 392 g/mol. The Morgan fingerprint density at radius 3 is 2.43 bits per heavy atom. The Hall–Kier alpha value is -3.59. The monoisotopic (exact) mass is 411 g/mol. The van der Waals surface area contributed by atoms with E-state index in [1.165, 1.54) is 6.07 Å². The lowest BCUT2D eigenvalue weighted by atomic mass is 10.2. The number of rotatable bonds is 5. The molecule has 154 valence electrons. The van der Waals surface area contributed by atoms with Crippen molar-refractivity contribution < 1.29 is 18.3 Å². The van der Waals surface area contributed by atoms with E-state index >= 15 is 0 Å². The number of nitrogens with one attached hydrogen (secondary N) is 2. The Bertz CT molecular complexity index is 1040. The van der Waals surface area contributed by atoms with Crippen LogP contribution in [-0.4, -0.2) is 42.4 Å². The van der Waals surface area contributed by atoms with Gasteiger partial charge in [-0.05, 0) is 42.5 Å². The van der Waals surface area contributed by atoms with Crippen LogP contribution in [0.15, 0.2) is 54.7 Å². The zero-order valence-electron chi connectivity index (χ0n) is 15.9. The van der Waals surface area contributed by atoms with E-state index in [1.54, 1.807) is 30.5 Å². The second-order valence-corrected chi connectivity index (χ2v) is 6.68. The van der Waals surface area contributed by atoms with Crippen LogP contribution in [0.4, 0.5) is 31.7 Å². The van der Waals surface area contributed by atoms with Crippen LogP contribution >= 0.6 is 0 Å². The van der Waals surface area contributed by atoms with Crippen LogP contribution in [0.5, 0.6) is 0 Å². The second kappa shape index (κ2) is 8.83. The molecule has 2 heterocycles. The number of hydrogen-bond donors (Lipinski definition) is 2. The quantitative estimate of drug-likeness (QED) is 0.668. The van der Waals surface area contributed by atoms with Gasteiger partial charge in [-0.1, -0.05) is 0 Å². The Morgan fingerprint density at radius 2 is 1.70 bits per heavy atom. The predicted molar refractivity (Wildman–Crippen MR) is 109 cm³/mol. The van der Waals surface area contributed by atoms with Crippen LogP contribution in [0.3, 0.4) is 0 Å². The van der Waals surface area contributed by atoms with Gasteiger partial charge >= 0.3 is 0 Å². The molecule has 1 fully saturated rings. The van der Waals surface area contributed by atoms with E-state index in [2.05, 4.69) is 25.7 Å². The maximum atomic E-state index is 13.3. The summed E-state index contributed by atoms with van der Waals surface area (Å²) in [6.45, 7) is 2.97. The molecule has 1 amide bonds. The summed E-state index contributed by atoms with van der Waals surface area (Å²) in [6.07, 6.45) is 1.72. The Balaban J connectivity index is 1.40. The van der Waals surface area contributed by atoms with Gasteiger partial charge in [-0.15, -0.1) is 5.10 Å². The maximum Gasteiger partial charge on any atom is 0.255 e. The topological polar surface area (TPSA) is 79.4 Å². The maximum absolute atomic E-state index is 13.3. The molecule has 0 saturated carbocycles. The van der Waals surface area contributed by atoms with E-state index in [0.717, 1.165) is 36.6 Å². The van der Waals surface area contributed by atoms with E-state index in [-0.39, 0.29) is 5.56 Å². The number of amides is 1. The van der Waals surface area contributed by atoms with Gasteiger partial charge in [0, 0.05) is 36.1 Å². The Morgan fingerprint density at radius 1 is 0.967 bits per heavy atom. The summed E-state index contributed by atoms with van der Waals surface area (Å²) in [4.78, 5) is 14.4. The van der Waals surface area contributed by atoms with Crippen molar-refractivity contribution in [3.8, 4) is 0 Å². The molecule has 0 bridgehead atoms. The molecule has 1 saturated heterocycles. The molecule has 9 heteroatoms. The van der Waals surface area contributed by atoms with Crippen molar-refractivity contribution >= 4 is 28.8 Å². The van der Waals surface area contributed by atoms with Crippen molar-refractivity contribution in [3.05, 3.63) is 71.9 Å². The van der Waals surface area contributed by atoms with Crippen molar-refractivity contribution in [2.24, 2.45) is 0 Å². The highest BCUT2D eigenvalue weighted by molar-refractivity contribution is 6.04. The van der Waals surface area contributed by atoms with Gasteiger partial charge in [-0.2, -0.15) is 5.10 Å². The highest BCUT2D eigenvalue weighted by atomic mass is 19.2. The Labute approximate surface area is 171 Å². The van der Waals surface area contributed by atoms with Crippen LogP contribution in [0, 0.1) is 11.6 Å². The van der Waals surface area contributed by atoms with Gasteiger partial charge in [0.15, 0.2) is 17.5 Å². The fraction of sp³-hybridized carbons (Fsp3) is 0.190. The number of halogens is 2. The minimum atomic E-state index is -1.07. The number of carbonyl (C=O) groups excluding carboxylic acids is 1. The van der Waals surface area contributed by atoms with Crippen molar-refractivity contribution in [3.63, 3.8) is 0 Å². The number of ether oxygens (including phenoxy) is 1. The van der Waals surface area contributed by atoms with Crippen molar-refractivity contribution in [2.75, 3.05) is 41.8 Å². The molecule has 0 aliphatic carbocycles. The summed E-state index contributed by atoms with van der Waals surface area (Å²) in [5.74, 6) is -2.00. The molecule has 2 aromatic carbocycles. The number of benzene rings is 2. The lowest BCUT2D eigenvalue weighted by molar-refractivity contribution is 0.102. The largest absolute Gasteiger partial charge is 0.378 e. The van der Waals surface area contributed by atoms with E-state index in [9.17, 15) is 13.6 Å². The fourth-order valence-electron chi connectivity index (χ4n) is 3.04. The number of nitrogens with zero attached hydrogens (tertiary/aromatic N) is 3. The molecule has 1 aliphatic rings. The van der Waals surface area contributed by atoms with E-state index in [4.69, 9.17) is 4.74 Å². The first-order valence-corrected chi connectivity index (χ1v) is 9.37. The summed E-state index contributed by atoms with van der Waals surface area (Å²) in [5, 5.41) is 14.0. The molecule has 1 aromatic heterocycles. The Kier molecular flexibility index (Phi) is 5.80. The summed E-state index contributed by atoms with van der Waals surface area (Å²) in [7, 11) is 0. The summed E-state index contributed by atoms with van der Waals surface area (Å²) in [5.41, 5.74) is 2.27. The van der Waals surface area contributed by atoms with Crippen molar-refractivity contribution in [1.29, 1.82) is 0 Å². The lowest BCUT2D eigenvalue weighted by Gasteiger charge is -2.28. The van der Waals surface area contributed by atoms with Gasteiger partial charge in [0.05, 0.1) is 25.1 Å². The molecule has 4 rings (SSSR count). The van der Waals surface area contributed by atoms with E-state index in [1.807, 2.05) is 6.07 Å². The first-order chi connectivity index (χ1) is 14.6. The molecule has 3 aromatic rings. The third-order valence-electron chi connectivity index (χ3n) is 4.61. The minimum absolute atomic E-state index is 0.0336. The van der Waals surface area contributed by atoms with Gasteiger partial charge in [0.25, 0.3) is 5.91 Å². The fourth-order valence-corrected chi connectivity index (χ4v) is 3.04. The van der Waals surface area contributed by atoms with Crippen molar-refractivity contribution in [2.45, 2.75) is 0 Å². The van der Waals surface area contributed by atoms with E-state index in [0.29, 0.717) is 24.7 Å². The minimum Gasteiger partial charge on any atom is -0.378 e. The number of aromatic nitrogens is 2. The summed E-state index contributed by atoms with van der Waals surface area (Å²) >= 11 is 0. The highest BCUT2D eigenvalue weighted by Gasteiger charge is 2.13. The molecule has 0 radical (unpaired) electrons. The SMILES string of the molecule is O=C(Nc1ccc(Nc2cc(N3CCOCC3)cnn2)cc1)c1ccc(F)c(F)c1. The van der Waals surface area contributed by atoms with Gasteiger partial charge in [-0.3, -0.25) is 4.79 Å². The van der Waals surface area contributed by atoms with Crippen LogP contribution in [-0.2, 0) is 4.74 Å². The highest BCUT2D eigenvalue weighted by Crippen LogP contribution is 2.22. The zero-order valence-corrected chi connectivity index (χ0v) is 15.9. The molecule has 1 aliphatic heterocycles. The first-order valence-electron chi connectivity index (χ1n) is 9.37. The third kappa shape index (κ3) is 4.69. The molecule has 2 N–H and O–H groups in total. The van der Waals surface area contributed by atoms with Gasteiger partial charge in [0.1, 0.15) is 0 Å². The summed E-state index contributed by atoms with van der Waals surface area (Å²) in [6, 6.07) is 11.8. The molecule has 30 heavy (non-hydrogen) atoms. The predicted octanol–water partition coefficient (Wildman–Crippen LogP) is 3.59. The standard InChI is InChI=1S/C21H19F2N5O2/c22-18-6-1-14(11-19(18)23)21(29)26-16-4-2-15(3-5-16)25-20-12-17(13-24-27-20)28-7-9-30-10-8-28/h1-6,11-13H,7-10H2,(H,25,27)(H,26,29). The van der Waals surface area contributed by atoms with Crippen molar-refractivity contribution in [1.82, 2.24) is 10.2 Å². The smallest absolute Gasteiger partial charge is 0.255 e. The van der Waals surface area contributed by atoms with Gasteiger partial charge < -0.3 is 20.3 Å². The lowest BCUT2D eigenvalue weighted by Crippen LogP contribution is -2.36. The number of carbonyl (C=O) groups is 1. The van der Waals surface area contributed by atoms with Crippen LogP contribution in [0.25, 0.3) is 0 Å². The second-order valence-electron chi connectivity index (χ2n) is 6.68. The molecule has 0 spiro atoms. The number of morpholine rings is 1. The summed E-state index contributed by atoms with van der Waals surface area (Å²) < 4.78 is 31.7. The zero-order chi connectivity index (χ0) is 20.9.